The normalized spacial score (nSPS) is 10.6. The SMILES string of the molecule is CN(Cc1cccs1)C(=O)CSCc1nc(N)nc(Nc2ccccc2)n1. The molecule has 9 heteroatoms. The number of nitrogens with two attached hydrogens (primary N) is 1. The fourth-order valence-corrected chi connectivity index (χ4v) is 3.84. The van der Waals surface area contributed by atoms with Gasteiger partial charge in [-0.2, -0.15) is 15.0 Å². The Kier molecular flexibility index (Phi) is 6.61. The molecule has 0 aliphatic heterocycles. The Balaban J connectivity index is 1.52. The zero-order chi connectivity index (χ0) is 19.1. The number of benzene rings is 1. The number of rotatable bonds is 8. The molecule has 0 radical (unpaired) electrons. The van der Waals surface area contributed by atoms with Crippen molar-refractivity contribution in [3.8, 4) is 0 Å². The molecule has 0 saturated carbocycles. The van der Waals surface area contributed by atoms with Crippen molar-refractivity contribution in [3.05, 3.63) is 58.5 Å². The van der Waals surface area contributed by atoms with Gasteiger partial charge in [-0.25, -0.2) is 0 Å². The highest BCUT2D eigenvalue weighted by atomic mass is 32.2. The van der Waals surface area contributed by atoms with Crippen LogP contribution in [0.1, 0.15) is 10.7 Å². The first-order valence-corrected chi connectivity index (χ1v) is 10.3. The number of nitrogen functional groups attached to an aromatic ring is 1. The molecule has 140 valence electrons. The maximum absolute atomic E-state index is 12.3. The largest absolute Gasteiger partial charge is 0.368 e. The quantitative estimate of drug-likeness (QED) is 0.599. The second kappa shape index (κ2) is 9.33. The lowest BCUT2D eigenvalue weighted by atomic mass is 10.3. The third kappa shape index (κ3) is 5.93. The van der Waals surface area contributed by atoms with Crippen molar-refractivity contribution in [2.24, 2.45) is 0 Å². The van der Waals surface area contributed by atoms with Crippen LogP contribution in [-0.2, 0) is 17.1 Å². The summed E-state index contributed by atoms with van der Waals surface area (Å²) < 4.78 is 0. The van der Waals surface area contributed by atoms with Crippen LogP contribution in [0.5, 0.6) is 0 Å². The Morgan fingerprint density at radius 1 is 1.19 bits per heavy atom. The summed E-state index contributed by atoms with van der Waals surface area (Å²) in [6.07, 6.45) is 0. The minimum atomic E-state index is 0.0677. The molecule has 27 heavy (non-hydrogen) atoms. The Hall–Kier alpha value is -2.65. The van der Waals surface area contributed by atoms with Gasteiger partial charge in [0, 0.05) is 17.6 Å². The minimum absolute atomic E-state index is 0.0677. The Labute approximate surface area is 166 Å². The van der Waals surface area contributed by atoms with Gasteiger partial charge in [0.2, 0.25) is 17.8 Å². The number of carbonyl (C=O) groups is 1. The standard InChI is InChI=1S/C18H20N6OS2/c1-24(10-14-8-5-9-27-14)16(25)12-26-11-15-21-17(19)23-18(22-15)20-13-6-3-2-4-7-13/h2-9H,10-12H2,1H3,(H3,19,20,21,22,23). The van der Waals surface area contributed by atoms with Gasteiger partial charge in [-0.1, -0.05) is 24.3 Å². The summed E-state index contributed by atoms with van der Waals surface area (Å²) in [5, 5.41) is 5.11. The molecule has 2 heterocycles. The molecule has 0 bridgehead atoms. The van der Waals surface area contributed by atoms with Crippen molar-refractivity contribution < 1.29 is 4.79 Å². The van der Waals surface area contributed by atoms with Crippen LogP contribution >= 0.6 is 23.1 Å². The molecule has 0 aliphatic rings. The first-order chi connectivity index (χ1) is 13.1. The average Bonchev–Trinajstić information content (AvgIpc) is 3.15. The third-order valence-corrected chi connectivity index (χ3v) is 5.36. The molecular formula is C18H20N6OS2. The number of hydrogen-bond donors (Lipinski definition) is 2. The van der Waals surface area contributed by atoms with Crippen molar-refractivity contribution >= 4 is 46.6 Å². The van der Waals surface area contributed by atoms with Gasteiger partial charge >= 0.3 is 0 Å². The molecule has 3 rings (SSSR count). The lowest BCUT2D eigenvalue weighted by molar-refractivity contribution is -0.127. The molecule has 0 atom stereocenters. The van der Waals surface area contributed by atoms with Crippen LogP contribution in [0.3, 0.4) is 0 Å². The second-order valence-corrected chi connectivity index (χ2v) is 7.76. The lowest BCUT2D eigenvalue weighted by Crippen LogP contribution is -2.27. The van der Waals surface area contributed by atoms with E-state index < -0.39 is 0 Å². The first kappa shape index (κ1) is 19.1. The number of thioether (sulfide) groups is 1. The summed E-state index contributed by atoms with van der Waals surface area (Å²) in [5.41, 5.74) is 6.65. The van der Waals surface area contributed by atoms with Crippen LogP contribution in [0, 0.1) is 0 Å². The number of anilines is 3. The van der Waals surface area contributed by atoms with E-state index in [1.54, 1.807) is 16.2 Å². The van der Waals surface area contributed by atoms with Crippen LogP contribution in [0.15, 0.2) is 47.8 Å². The highest BCUT2D eigenvalue weighted by Crippen LogP contribution is 2.16. The number of amides is 1. The van der Waals surface area contributed by atoms with Crippen LogP contribution in [-0.4, -0.2) is 38.6 Å². The van der Waals surface area contributed by atoms with E-state index >= 15 is 0 Å². The maximum atomic E-state index is 12.3. The zero-order valence-electron chi connectivity index (χ0n) is 14.8. The number of nitrogens with one attached hydrogen (secondary N) is 1. The molecule has 1 aromatic carbocycles. The Bertz CT molecular complexity index is 873. The number of carbonyl (C=O) groups excluding carboxylic acids is 1. The predicted molar refractivity (Wildman–Crippen MR) is 111 cm³/mol. The van der Waals surface area contributed by atoms with Gasteiger partial charge in [-0.15, -0.1) is 23.1 Å². The van der Waals surface area contributed by atoms with Crippen molar-refractivity contribution in [2.75, 3.05) is 23.9 Å². The number of para-hydroxylation sites is 1. The molecular weight excluding hydrogens is 380 g/mol. The fraction of sp³-hybridized carbons (Fsp3) is 0.222. The summed E-state index contributed by atoms with van der Waals surface area (Å²) in [6.45, 7) is 0.626. The topological polar surface area (TPSA) is 97.0 Å². The van der Waals surface area contributed by atoms with E-state index in [9.17, 15) is 4.79 Å². The fourth-order valence-electron chi connectivity index (χ4n) is 2.27. The summed E-state index contributed by atoms with van der Waals surface area (Å²) in [4.78, 5) is 27.8. The van der Waals surface area contributed by atoms with Crippen molar-refractivity contribution in [3.63, 3.8) is 0 Å². The Morgan fingerprint density at radius 2 is 2.00 bits per heavy atom. The van der Waals surface area contributed by atoms with Crippen molar-refractivity contribution in [2.45, 2.75) is 12.3 Å². The van der Waals surface area contributed by atoms with E-state index in [0.717, 1.165) is 10.6 Å². The first-order valence-electron chi connectivity index (χ1n) is 8.27. The molecule has 2 aromatic heterocycles. The molecule has 0 saturated heterocycles. The molecule has 3 N–H and O–H groups in total. The van der Waals surface area contributed by atoms with E-state index in [4.69, 9.17) is 5.73 Å². The molecule has 0 aliphatic carbocycles. The number of hydrogen-bond acceptors (Lipinski definition) is 8. The smallest absolute Gasteiger partial charge is 0.232 e. The molecule has 0 fully saturated rings. The molecule has 0 unspecified atom stereocenters. The van der Waals surface area contributed by atoms with Gasteiger partial charge in [-0.3, -0.25) is 4.79 Å². The van der Waals surface area contributed by atoms with Gasteiger partial charge in [0.1, 0.15) is 5.82 Å². The Morgan fingerprint density at radius 3 is 2.74 bits per heavy atom. The molecule has 3 aromatic rings. The minimum Gasteiger partial charge on any atom is -0.368 e. The maximum Gasteiger partial charge on any atom is 0.232 e. The van der Waals surface area contributed by atoms with Crippen LogP contribution in [0.4, 0.5) is 17.6 Å². The number of nitrogens with zero attached hydrogens (tertiary/aromatic N) is 4. The highest BCUT2D eigenvalue weighted by molar-refractivity contribution is 7.99. The summed E-state index contributed by atoms with van der Waals surface area (Å²) in [7, 11) is 1.81. The van der Waals surface area contributed by atoms with Gasteiger partial charge in [0.05, 0.1) is 18.1 Å². The molecule has 0 spiro atoms. The van der Waals surface area contributed by atoms with Gasteiger partial charge < -0.3 is 16.0 Å². The molecule has 1 amide bonds. The monoisotopic (exact) mass is 400 g/mol. The van der Waals surface area contributed by atoms with Gasteiger partial charge in [-0.05, 0) is 23.6 Å². The summed E-state index contributed by atoms with van der Waals surface area (Å²) in [6, 6.07) is 13.6. The lowest BCUT2D eigenvalue weighted by Gasteiger charge is -2.15. The van der Waals surface area contributed by atoms with E-state index in [2.05, 4.69) is 20.3 Å². The zero-order valence-corrected chi connectivity index (χ0v) is 16.5. The second-order valence-electron chi connectivity index (χ2n) is 5.75. The van der Waals surface area contributed by atoms with Crippen molar-refractivity contribution in [1.82, 2.24) is 19.9 Å². The highest BCUT2D eigenvalue weighted by Gasteiger charge is 2.11. The summed E-state index contributed by atoms with van der Waals surface area (Å²) >= 11 is 3.10. The number of thiophene rings is 1. The van der Waals surface area contributed by atoms with Crippen LogP contribution in [0.2, 0.25) is 0 Å². The number of aromatic nitrogens is 3. The predicted octanol–water partition coefficient (Wildman–Crippen LogP) is 3.15. The summed E-state index contributed by atoms with van der Waals surface area (Å²) in [5.74, 6) is 1.99. The van der Waals surface area contributed by atoms with Crippen LogP contribution in [0.25, 0.3) is 0 Å². The van der Waals surface area contributed by atoms with Crippen molar-refractivity contribution in [1.29, 1.82) is 0 Å². The van der Waals surface area contributed by atoms with Crippen LogP contribution < -0.4 is 11.1 Å². The van der Waals surface area contributed by atoms with E-state index in [1.807, 2.05) is 54.9 Å². The third-order valence-electron chi connectivity index (χ3n) is 3.58. The van der Waals surface area contributed by atoms with Gasteiger partial charge in [0.15, 0.2) is 0 Å². The van der Waals surface area contributed by atoms with Gasteiger partial charge in [0.25, 0.3) is 0 Å². The van der Waals surface area contributed by atoms with E-state index in [0.29, 0.717) is 29.8 Å². The van der Waals surface area contributed by atoms with E-state index in [1.165, 1.54) is 11.8 Å². The van der Waals surface area contributed by atoms with E-state index in [-0.39, 0.29) is 11.9 Å². The molecule has 7 nitrogen and oxygen atoms in total. The average molecular weight is 401 g/mol.